The van der Waals surface area contributed by atoms with E-state index in [9.17, 15) is 4.79 Å². The third kappa shape index (κ3) is 3.70. The Morgan fingerprint density at radius 2 is 2.25 bits per heavy atom. The number of amides is 1. The largest absolute Gasteiger partial charge is 0.395 e. The maximum atomic E-state index is 12.0. The van der Waals surface area contributed by atoms with Crippen molar-refractivity contribution in [1.29, 1.82) is 0 Å². The number of carbonyl (C=O) groups is 1. The first-order chi connectivity index (χ1) is 9.70. The Hall–Kier alpha value is -2.09. The van der Waals surface area contributed by atoms with Gasteiger partial charge in [-0.1, -0.05) is 17.9 Å². The van der Waals surface area contributed by atoms with Crippen LogP contribution in [0.25, 0.3) is 0 Å². The first-order valence-electron chi connectivity index (χ1n) is 6.24. The molecule has 102 valence electrons. The molecule has 20 heavy (non-hydrogen) atoms. The monoisotopic (exact) mass is 285 g/mol. The van der Waals surface area contributed by atoms with Gasteiger partial charge in [0, 0.05) is 17.4 Å². The normalized spacial score (nSPS) is 9.70. The molecule has 0 aliphatic heterocycles. The van der Waals surface area contributed by atoms with E-state index in [1.807, 2.05) is 30.5 Å². The molecule has 0 saturated carbocycles. The third-order valence-corrected chi connectivity index (χ3v) is 3.35. The number of nitrogens with one attached hydrogen (secondary N) is 1. The van der Waals surface area contributed by atoms with Gasteiger partial charge in [0.1, 0.15) is 0 Å². The molecule has 0 saturated heterocycles. The lowest BCUT2D eigenvalue weighted by Gasteiger charge is -2.07. The molecule has 2 N–H and O–H groups in total. The van der Waals surface area contributed by atoms with E-state index in [2.05, 4.69) is 17.2 Å². The number of anilines is 1. The molecule has 0 aliphatic carbocycles. The standard InChI is InChI=1S/C16H15NO2S/c1-12-5-6-15(13(10-12)4-2-3-8-18)17-16(19)14-7-9-20-11-14/h5-7,9-11,18H,3,8H2,1H3,(H,17,19). The van der Waals surface area contributed by atoms with E-state index in [1.54, 1.807) is 11.4 Å². The highest BCUT2D eigenvalue weighted by Gasteiger charge is 2.08. The van der Waals surface area contributed by atoms with E-state index in [0.717, 1.165) is 11.1 Å². The molecule has 1 aromatic carbocycles. The molecule has 0 unspecified atom stereocenters. The molecule has 3 nitrogen and oxygen atoms in total. The molecule has 0 spiro atoms. The average Bonchev–Trinajstić information content (AvgIpc) is 2.96. The highest BCUT2D eigenvalue weighted by atomic mass is 32.1. The average molecular weight is 285 g/mol. The number of hydrogen-bond donors (Lipinski definition) is 2. The van der Waals surface area contributed by atoms with Crippen molar-refractivity contribution in [3.05, 3.63) is 51.7 Å². The molecule has 0 aliphatic rings. The number of aliphatic hydroxyl groups is 1. The second-order valence-electron chi connectivity index (χ2n) is 4.29. The summed E-state index contributed by atoms with van der Waals surface area (Å²) >= 11 is 1.49. The Balaban J connectivity index is 2.23. The minimum absolute atomic E-state index is 0.0371. The van der Waals surface area contributed by atoms with Crippen LogP contribution >= 0.6 is 11.3 Å². The van der Waals surface area contributed by atoms with Crippen LogP contribution in [-0.4, -0.2) is 17.6 Å². The summed E-state index contributed by atoms with van der Waals surface area (Å²) in [5, 5.41) is 15.3. The van der Waals surface area contributed by atoms with Crippen LogP contribution in [0.4, 0.5) is 5.69 Å². The third-order valence-electron chi connectivity index (χ3n) is 2.67. The van der Waals surface area contributed by atoms with E-state index in [0.29, 0.717) is 17.7 Å². The zero-order valence-corrected chi connectivity index (χ0v) is 12.0. The number of aryl methyl sites for hydroxylation is 1. The maximum absolute atomic E-state index is 12.0. The lowest BCUT2D eigenvalue weighted by atomic mass is 10.1. The van der Waals surface area contributed by atoms with Gasteiger partial charge in [-0.15, -0.1) is 0 Å². The molecule has 2 rings (SSSR count). The predicted octanol–water partition coefficient (Wildman–Crippen LogP) is 3.04. The van der Waals surface area contributed by atoms with Crippen LogP contribution in [0.2, 0.25) is 0 Å². The molecule has 1 aromatic heterocycles. The summed E-state index contributed by atoms with van der Waals surface area (Å²) < 4.78 is 0. The van der Waals surface area contributed by atoms with Crippen molar-refractivity contribution in [3.63, 3.8) is 0 Å². The number of thiophene rings is 1. The summed E-state index contributed by atoms with van der Waals surface area (Å²) in [5.41, 5.74) is 3.18. The number of aliphatic hydroxyl groups excluding tert-OH is 1. The SMILES string of the molecule is Cc1ccc(NC(=O)c2ccsc2)c(C#CCCO)c1. The topological polar surface area (TPSA) is 49.3 Å². The van der Waals surface area contributed by atoms with Crippen molar-refractivity contribution in [2.75, 3.05) is 11.9 Å². The second-order valence-corrected chi connectivity index (χ2v) is 5.07. The summed E-state index contributed by atoms with van der Waals surface area (Å²) in [4.78, 5) is 12.0. The molecule has 2 aromatic rings. The highest BCUT2D eigenvalue weighted by Crippen LogP contribution is 2.18. The Labute approximate surface area is 122 Å². The Morgan fingerprint density at radius 3 is 2.95 bits per heavy atom. The van der Waals surface area contributed by atoms with Gasteiger partial charge in [-0.25, -0.2) is 0 Å². The van der Waals surface area contributed by atoms with Gasteiger partial charge in [0.2, 0.25) is 0 Å². The van der Waals surface area contributed by atoms with Crippen molar-refractivity contribution < 1.29 is 9.90 Å². The van der Waals surface area contributed by atoms with Crippen molar-refractivity contribution in [2.24, 2.45) is 0 Å². The molecular formula is C16H15NO2S. The van der Waals surface area contributed by atoms with Crippen molar-refractivity contribution in [2.45, 2.75) is 13.3 Å². The lowest BCUT2D eigenvalue weighted by molar-refractivity contribution is 0.102. The van der Waals surface area contributed by atoms with E-state index in [4.69, 9.17) is 5.11 Å². The van der Waals surface area contributed by atoms with Crippen molar-refractivity contribution in [1.82, 2.24) is 0 Å². The van der Waals surface area contributed by atoms with Gasteiger partial charge in [-0.2, -0.15) is 11.3 Å². The van der Waals surface area contributed by atoms with E-state index < -0.39 is 0 Å². The zero-order valence-electron chi connectivity index (χ0n) is 11.1. The molecular weight excluding hydrogens is 270 g/mol. The second kappa shape index (κ2) is 6.90. The number of carbonyl (C=O) groups excluding carboxylic acids is 1. The number of rotatable bonds is 3. The number of hydrogen-bond acceptors (Lipinski definition) is 3. The van der Waals surface area contributed by atoms with Crippen LogP contribution in [-0.2, 0) is 0 Å². The van der Waals surface area contributed by atoms with Crippen LogP contribution in [0.15, 0.2) is 35.0 Å². The Morgan fingerprint density at radius 1 is 1.40 bits per heavy atom. The summed E-state index contributed by atoms with van der Waals surface area (Å²) in [6.07, 6.45) is 0.422. The van der Waals surface area contributed by atoms with Crippen molar-refractivity contribution >= 4 is 22.9 Å². The van der Waals surface area contributed by atoms with Gasteiger partial charge >= 0.3 is 0 Å². The fourth-order valence-electron chi connectivity index (χ4n) is 1.67. The first-order valence-corrected chi connectivity index (χ1v) is 7.19. The van der Waals surface area contributed by atoms with Gasteiger partial charge in [0.25, 0.3) is 5.91 Å². The zero-order chi connectivity index (χ0) is 14.4. The van der Waals surface area contributed by atoms with Crippen LogP contribution < -0.4 is 5.32 Å². The Kier molecular flexibility index (Phi) is 4.94. The summed E-state index contributed by atoms with van der Waals surface area (Å²) in [6.45, 7) is 2.01. The molecule has 1 amide bonds. The summed E-state index contributed by atoms with van der Waals surface area (Å²) in [7, 11) is 0. The fraction of sp³-hybridized carbons (Fsp3) is 0.188. The first kappa shape index (κ1) is 14.3. The molecule has 0 atom stereocenters. The molecule has 0 fully saturated rings. The van der Waals surface area contributed by atoms with Gasteiger partial charge < -0.3 is 10.4 Å². The van der Waals surface area contributed by atoms with E-state index >= 15 is 0 Å². The smallest absolute Gasteiger partial charge is 0.256 e. The Bertz CT molecular complexity index is 651. The fourth-order valence-corrected chi connectivity index (χ4v) is 2.31. The predicted molar refractivity (Wildman–Crippen MR) is 82.0 cm³/mol. The summed E-state index contributed by atoms with van der Waals surface area (Å²) in [6, 6.07) is 7.49. The van der Waals surface area contributed by atoms with Crippen LogP contribution in [0.5, 0.6) is 0 Å². The molecule has 0 radical (unpaired) electrons. The minimum atomic E-state index is -0.139. The molecule has 1 heterocycles. The van der Waals surface area contributed by atoms with E-state index in [-0.39, 0.29) is 12.5 Å². The van der Waals surface area contributed by atoms with Gasteiger partial charge in [0.05, 0.1) is 17.9 Å². The van der Waals surface area contributed by atoms with Crippen molar-refractivity contribution in [3.8, 4) is 11.8 Å². The van der Waals surface area contributed by atoms with E-state index in [1.165, 1.54) is 11.3 Å². The quantitative estimate of drug-likeness (QED) is 0.852. The summed E-state index contributed by atoms with van der Waals surface area (Å²) in [5.74, 6) is 5.72. The molecule has 4 heteroatoms. The maximum Gasteiger partial charge on any atom is 0.256 e. The minimum Gasteiger partial charge on any atom is -0.395 e. The van der Waals surface area contributed by atoms with Crippen LogP contribution in [0.3, 0.4) is 0 Å². The van der Waals surface area contributed by atoms with Crippen LogP contribution in [0, 0.1) is 18.8 Å². The van der Waals surface area contributed by atoms with Crippen LogP contribution in [0.1, 0.15) is 27.9 Å². The van der Waals surface area contributed by atoms with Gasteiger partial charge in [-0.3, -0.25) is 4.79 Å². The van der Waals surface area contributed by atoms with Gasteiger partial charge in [-0.05, 0) is 36.1 Å². The number of benzene rings is 1. The molecule has 0 bridgehead atoms. The highest BCUT2D eigenvalue weighted by molar-refractivity contribution is 7.08. The van der Waals surface area contributed by atoms with Gasteiger partial charge in [0.15, 0.2) is 0 Å². The lowest BCUT2D eigenvalue weighted by Crippen LogP contribution is -2.11.